The van der Waals surface area contributed by atoms with Crippen LogP contribution < -0.4 is 4.74 Å². The average Bonchev–Trinajstić information content (AvgIpc) is 2.36. The zero-order valence-electron chi connectivity index (χ0n) is 9.68. The molecule has 2 aromatic carbocycles. The number of ether oxygens (including phenoxy) is 1. The number of nitro groups is 1. The fraction of sp³-hybridized carbons (Fsp3) is 0.0769. The molecule has 0 bridgehead atoms. The van der Waals surface area contributed by atoms with Gasteiger partial charge in [-0.3, -0.25) is 10.1 Å². The maximum atomic E-state index is 13.4. The summed E-state index contributed by atoms with van der Waals surface area (Å²) in [6.07, 6.45) is 0. The first-order valence-corrected chi connectivity index (χ1v) is 6.17. The first-order chi connectivity index (χ1) is 9.08. The molecule has 6 heteroatoms. The molecule has 0 radical (unpaired) electrons. The van der Waals surface area contributed by atoms with Crippen molar-refractivity contribution in [2.45, 2.75) is 6.61 Å². The summed E-state index contributed by atoms with van der Waals surface area (Å²) >= 11 is 3.31. The largest absolute Gasteiger partial charge is 0.482 e. The van der Waals surface area contributed by atoms with Crippen molar-refractivity contribution in [1.29, 1.82) is 0 Å². The van der Waals surface area contributed by atoms with Gasteiger partial charge in [0.2, 0.25) is 11.6 Å². The lowest BCUT2D eigenvalue weighted by atomic mass is 10.2. The number of para-hydroxylation sites is 1. The highest BCUT2D eigenvalue weighted by Crippen LogP contribution is 2.30. The average molecular weight is 326 g/mol. The fourth-order valence-electron chi connectivity index (χ4n) is 1.58. The van der Waals surface area contributed by atoms with E-state index in [0.29, 0.717) is 0 Å². The molecule has 98 valence electrons. The Bertz CT molecular complexity index is 619. The lowest BCUT2D eigenvalue weighted by Gasteiger charge is -2.07. The van der Waals surface area contributed by atoms with E-state index < -0.39 is 16.4 Å². The van der Waals surface area contributed by atoms with Crippen molar-refractivity contribution in [3.8, 4) is 5.75 Å². The van der Waals surface area contributed by atoms with Gasteiger partial charge in [-0.25, -0.2) is 0 Å². The summed E-state index contributed by atoms with van der Waals surface area (Å²) in [6.45, 7) is 0.129. The Hall–Kier alpha value is -1.95. The van der Waals surface area contributed by atoms with Crippen LogP contribution in [0.1, 0.15) is 5.56 Å². The molecular formula is C13H9BrFNO3. The van der Waals surface area contributed by atoms with Gasteiger partial charge in [0.1, 0.15) is 6.61 Å². The summed E-state index contributed by atoms with van der Waals surface area (Å²) < 4.78 is 19.6. The number of halogens is 2. The van der Waals surface area contributed by atoms with Gasteiger partial charge in [0.05, 0.1) is 4.92 Å². The van der Waals surface area contributed by atoms with Crippen LogP contribution in [0.2, 0.25) is 0 Å². The summed E-state index contributed by atoms with van der Waals surface area (Å²) in [6, 6.07) is 11.1. The Morgan fingerprint density at radius 3 is 2.68 bits per heavy atom. The summed E-state index contributed by atoms with van der Waals surface area (Å²) in [5, 5.41) is 10.8. The number of nitro benzene ring substituents is 1. The summed E-state index contributed by atoms with van der Waals surface area (Å²) in [4.78, 5) is 10.00. The zero-order chi connectivity index (χ0) is 13.8. The van der Waals surface area contributed by atoms with E-state index in [-0.39, 0.29) is 12.4 Å². The van der Waals surface area contributed by atoms with Crippen molar-refractivity contribution in [2.75, 3.05) is 0 Å². The van der Waals surface area contributed by atoms with Crippen molar-refractivity contribution >= 4 is 21.6 Å². The highest BCUT2D eigenvalue weighted by atomic mass is 79.9. The minimum Gasteiger partial charge on any atom is -0.482 e. The smallest absolute Gasteiger partial charge is 0.346 e. The topological polar surface area (TPSA) is 52.4 Å². The van der Waals surface area contributed by atoms with Crippen LogP contribution in [0.15, 0.2) is 46.9 Å². The Morgan fingerprint density at radius 1 is 1.26 bits per heavy atom. The van der Waals surface area contributed by atoms with E-state index in [9.17, 15) is 14.5 Å². The van der Waals surface area contributed by atoms with Gasteiger partial charge in [0, 0.05) is 4.47 Å². The molecule has 0 unspecified atom stereocenters. The molecule has 2 aromatic rings. The van der Waals surface area contributed by atoms with Gasteiger partial charge in [0.25, 0.3) is 0 Å². The number of hydrogen-bond acceptors (Lipinski definition) is 3. The molecule has 0 heterocycles. The van der Waals surface area contributed by atoms with Crippen LogP contribution in [0, 0.1) is 15.9 Å². The predicted molar refractivity (Wildman–Crippen MR) is 71.5 cm³/mol. The van der Waals surface area contributed by atoms with E-state index in [1.165, 1.54) is 12.1 Å². The second-order valence-electron chi connectivity index (χ2n) is 3.76. The second kappa shape index (κ2) is 5.79. The van der Waals surface area contributed by atoms with Crippen LogP contribution in [-0.2, 0) is 6.61 Å². The van der Waals surface area contributed by atoms with E-state index in [2.05, 4.69) is 15.9 Å². The Kier molecular flexibility index (Phi) is 4.11. The molecule has 0 spiro atoms. The highest BCUT2D eigenvalue weighted by Gasteiger charge is 2.21. The van der Waals surface area contributed by atoms with Gasteiger partial charge in [-0.15, -0.1) is 0 Å². The van der Waals surface area contributed by atoms with Crippen molar-refractivity contribution in [2.24, 2.45) is 0 Å². The summed E-state index contributed by atoms with van der Waals surface area (Å²) in [5.41, 5.74) is 0.186. The SMILES string of the molecule is O=[N+]([O-])c1c(F)cccc1OCc1cccc(Br)c1. The molecule has 0 atom stereocenters. The number of rotatable bonds is 4. The lowest BCUT2D eigenvalue weighted by molar-refractivity contribution is -0.388. The van der Waals surface area contributed by atoms with Crippen LogP contribution in [0.5, 0.6) is 5.75 Å². The van der Waals surface area contributed by atoms with E-state index in [4.69, 9.17) is 4.74 Å². The molecule has 0 saturated heterocycles. The molecule has 0 aliphatic heterocycles. The van der Waals surface area contributed by atoms with Crippen LogP contribution in [0.3, 0.4) is 0 Å². The normalized spacial score (nSPS) is 10.2. The highest BCUT2D eigenvalue weighted by molar-refractivity contribution is 9.10. The van der Waals surface area contributed by atoms with Gasteiger partial charge >= 0.3 is 5.69 Å². The zero-order valence-corrected chi connectivity index (χ0v) is 11.3. The minimum atomic E-state index is -0.906. The van der Waals surface area contributed by atoms with Crippen molar-refractivity contribution in [3.63, 3.8) is 0 Å². The Labute approximate surface area is 117 Å². The number of hydrogen-bond donors (Lipinski definition) is 0. The molecule has 0 aliphatic rings. The summed E-state index contributed by atoms with van der Waals surface area (Å²) in [5.74, 6) is -0.985. The van der Waals surface area contributed by atoms with E-state index >= 15 is 0 Å². The Morgan fingerprint density at radius 2 is 2.00 bits per heavy atom. The van der Waals surface area contributed by atoms with E-state index in [1.54, 1.807) is 0 Å². The third-order valence-electron chi connectivity index (χ3n) is 2.42. The molecule has 0 N–H and O–H groups in total. The van der Waals surface area contributed by atoms with E-state index in [1.807, 2.05) is 24.3 Å². The second-order valence-corrected chi connectivity index (χ2v) is 4.68. The monoisotopic (exact) mass is 325 g/mol. The van der Waals surface area contributed by atoms with Crippen LogP contribution in [-0.4, -0.2) is 4.92 Å². The van der Waals surface area contributed by atoms with Gasteiger partial charge < -0.3 is 4.74 Å². The van der Waals surface area contributed by atoms with Gasteiger partial charge in [-0.05, 0) is 29.8 Å². The van der Waals surface area contributed by atoms with Gasteiger partial charge in [-0.1, -0.05) is 34.1 Å². The van der Waals surface area contributed by atoms with Crippen molar-refractivity contribution < 1.29 is 14.1 Å². The first-order valence-electron chi connectivity index (χ1n) is 5.38. The molecule has 2 rings (SSSR count). The van der Waals surface area contributed by atoms with Crippen molar-refractivity contribution in [3.05, 3.63) is 68.4 Å². The maximum Gasteiger partial charge on any atom is 0.346 e. The van der Waals surface area contributed by atoms with Crippen molar-refractivity contribution in [1.82, 2.24) is 0 Å². The molecule has 0 aromatic heterocycles. The van der Waals surface area contributed by atoms with Crippen LogP contribution >= 0.6 is 15.9 Å². The minimum absolute atomic E-state index is 0.0787. The third-order valence-corrected chi connectivity index (χ3v) is 2.91. The molecule has 0 aliphatic carbocycles. The molecule has 0 saturated carbocycles. The quantitative estimate of drug-likeness (QED) is 0.628. The summed E-state index contributed by atoms with van der Waals surface area (Å²) in [7, 11) is 0. The molecule has 0 amide bonds. The Balaban J connectivity index is 2.20. The molecule has 4 nitrogen and oxygen atoms in total. The fourth-order valence-corrected chi connectivity index (χ4v) is 2.02. The first kappa shape index (κ1) is 13.5. The molecular weight excluding hydrogens is 317 g/mol. The van der Waals surface area contributed by atoms with Gasteiger partial charge in [-0.2, -0.15) is 4.39 Å². The van der Waals surface area contributed by atoms with Crippen LogP contribution in [0.25, 0.3) is 0 Å². The van der Waals surface area contributed by atoms with E-state index in [0.717, 1.165) is 16.1 Å². The maximum absolute atomic E-state index is 13.4. The van der Waals surface area contributed by atoms with Crippen LogP contribution in [0.4, 0.5) is 10.1 Å². The third kappa shape index (κ3) is 3.29. The molecule has 0 fully saturated rings. The van der Waals surface area contributed by atoms with Gasteiger partial charge in [0.15, 0.2) is 0 Å². The lowest BCUT2D eigenvalue weighted by Crippen LogP contribution is -2.00. The standard InChI is InChI=1S/C13H9BrFNO3/c14-10-4-1-3-9(7-10)8-19-12-6-2-5-11(15)13(12)16(17)18/h1-7H,8H2. The molecule has 19 heavy (non-hydrogen) atoms. The number of benzene rings is 2. The number of nitrogens with zero attached hydrogens (tertiary/aromatic N) is 1. The predicted octanol–water partition coefficient (Wildman–Crippen LogP) is 4.08.